The molecule has 0 aromatic carbocycles. The van der Waals surface area contributed by atoms with Gasteiger partial charge in [-0.1, -0.05) is 13.8 Å². The van der Waals surface area contributed by atoms with E-state index in [1.165, 1.54) is 7.05 Å². The van der Waals surface area contributed by atoms with Crippen molar-refractivity contribution in [1.29, 1.82) is 0 Å². The molecule has 0 unspecified atom stereocenters. The Labute approximate surface area is 200 Å². The molecule has 0 spiro atoms. The maximum Gasteiger partial charge on any atom is 0.354 e. The molecule has 5 atom stereocenters. The van der Waals surface area contributed by atoms with Crippen LogP contribution in [0.4, 0.5) is 0 Å². The van der Waals surface area contributed by atoms with Crippen LogP contribution in [0.25, 0.3) is 0 Å². The normalized spacial score (nSPS) is 15.3. The number of hydrogen-bond donors (Lipinski definition) is 4. The van der Waals surface area contributed by atoms with Crippen molar-refractivity contribution in [1.82, 2.24) is 10.6 Å². The Morgan fingerprint density at radius 1 is 0.794 bits per heavy atom. The van der Waals surface area contributed by atoms with Crippen LogP contribution in [0.1, 0.15) is 41.5 Å². The molecule has 4 N–H and O–H groups in total. The quantitative estimate of drug-likeness (QED) is 0.139. The van der Waals surface area contributed by atoms with Crippen LogP contribution >= 0.6 is 0 Å². The van der Waals surface area contributed by atoms with Gasteiger partial charge in [0.2, 0.25) is 0 Å². The van der Waals surface area contributed by atoms with Crippen LogP contribution in [0.3, 0.4) is 0 Å². The molecule has 0 fully saturated rings. The predicted octanol–water partition coefficient (Wildman–Crippen LogP) is -0.585. The van der Waals surface area contributed by atoms with Gasteiger partial charge in [-0.3, -0.25) is 14.4 Å². The van der Waals surface area contributed by atoms with E-state index in [9.17, 15) is 29.4 Å². The van der Waals surface area contributed by atoms with Crippen LogP contribution in [0.15, 0.2) is 11.3 Å². The van der Waals surface area contributed by atoms with Gasteiger partial charge in [0, 0.05) is 20.9 Å². The molecule has 0 aromatic rings. The minimum atomic E-state index is -1.88. The molecule has 0 radical (unpaired) electrons. The fourth-order valence-electron chi connectivity index (χ4n) is 2.94. The molecule has 34 heavy (non-hydrogen) atoms. The summed E-state index contributed by atoms with van der Waals surface area (Å²) in [5.41, 5.74) is 0.688. The van der Waals surface area contributed by atoms with Crippen molar-refractivity contribution in [3.8, 4) is 0 Å². The lowest BCUT2D eigenvalue weighted by atomic mass is 10.0. The summed E-state index contributed by atoms with van der Waals surface area (Å²) in [6, 6.07) is -0.741. The molecule has 0 aliphatic rings. The molecule has 0 aromatic heterocycles. The van der Waals surface area contributed by atoms with Gasteiger partial charge in [-0.15, -0.1) is 0 Å². The lowest BCUT2D eigenvalue weighted by molar-refractivity contribution is -0.188. The summed E-state index contributed by atoms with van der Waals surface area (Å²) in [4.78, 5) is 47.7. The molecule has 0 amide bonds. The van der Waals surface area contributed by atoms with E-state index in [4.69, 9.17) is 18.9 Å². The van der Waals surface area contributed by atoms with E-state index in [2.05, 4.69) is 10.6 Å². The van der Waals surface area contributed by atoms with Gasteiger partial charge in [0.25, 0.3) is 0 Å². The second kappa shape index (κ2) is 15.3. The number of carbonyl (C=O) groups is 4. The summed E-state index contributed by atoms with van der Waals surface area (Å²) in [5, 5.41) is 27.0. The first-order valence-corrected chi connectivity index (χ1v) is 10.8. The third-order valence-corrected chi connectivity index (χ3v) is 4.73. The zero-order chi connectivity index (χ0) is 26.6. The number of esters is 4. The van der Waals surface area contributed by atoms with Crippen molar-refractivity contribution in [3.63, 3.8) is 0 Å². The Morgan fingerprint density at radius 3 is 1.56 bits per heavy atom. The first-order valence-electron chi connectivity index (χ1n) is 10.8. The van der Waals surface area contributed by atoms with Gasteiger partial charge in [-0.25, -0.2) is 4.79 Å². The third-order valence-electron chi connectivity index (χ3n) is 4.73. The van der Waals surface area contributed by atoms with Gasteiger partial charge in [0.05, 0.1) is 0 Å². The molecule has 0 aliphatic heterocycles. The molecule has 12 nitrogen and oxygen atoms in total. The number of rotatable bonds is 14. The average Bonchev–Trinajstić information content (AvgIpc) is 2.73. The van der Waals surface area contributed by atoms with Crippen LogP contribution in [0.2, 0.25) is 0 Å². The molecule has 0 aliphatic carbocycles. The van der Waals surface area contributed by atoms with Gasteiger partial charge < -0.3 is 39.8 Å². The van der Waals surface area contributed by atoms with Crippen LogP contribution < -0.4 is 10.6 Å². The van der Waals surface area contributed by atoms with Gasteiger partial charge in [-0.05, 0) is 32.4 Å². The van der Waals surface area contributed by atoms with E-state index in [-0.39, 0.29) is 11.6 Å². The molecule has 0 heterocycles. The Bertz CT molecular complexity index is 733. The van der Waals surface area contributed by atoms with Crippen molar-refractivity contribution < 1.29 is 48.3 Å². The van der Waals surface area contributed by atoms with Gasteiger partial charge in [0.1, 0.15) is 37.2 Å². The van der Waals surface area contributed by atoms with Crippen molar-refractivity contribution in [2.45, 2.75) is 72.0 Å². The number of carbonyl (C=O) groups excluding carboxylic acids is 4. The molecule has 0 rings (SSSR count). The number of hydrogen-bond acceptors (Lipinski definition) is 12. The SMILES string of the molecule is CNC(C(=O)O[C@H](COC(C)=O)[C@@H](O)[C@H](O)[C@@H](COC(C)=O)OC(=O)[C@@H](NC)C(C)C)=C(C)C. The van der Waals surface area contributed by atoms with Gasteiger partial charge in [-0.2, -0.15) is 0 Å². The number of nitrogens with one attached hydrogen (secondary N) is 2. The van der Waals surface area contributed by atoms with E-state index in [1.807, 2.05) is 0 Å². The highest BCUT2D eigenvalue weighted by Gasteiger charge is 2.39. The summed E-state index contributed by atoms with van der Waals surface area (Å²) in [6.07, 6.45) is -6.78. The van der Waals surface area contributed by atoms with Crippen LogP contribution in [0, 0.1) is 5.92 Å². The topological polar surface area (TPSA) is 170 Å². The van der Waals surface area contributed by atoms with Crippen molar-refractivity contribution in [2.75, 3.05) is 27.3 Å². The van der Waals surface area contributed by atoms with Crippen molar-refractivity contribution >= 4 is 23.9 Å². The predicted molar refractivity (Wildman–Crippen MR) is 120 cm³/mol. The van der Waals surface area contributed by atoms with E-state index >= 15 is 0 Å². The molecule has 196 valence electrons. The van der Waals surface area contributed by atoms with Crippen LogP contribution in [0.5, 0.6) is 0 Å². The summed E-state index contributed by atoms with van der Waals surface area (Å²) < 4.78 is 20.4. The summed E-state index contributed by atoms with van der Waals surface area (Å²) in [5.74, 6) is -3.21. The summed E-state index contributed by atoms with van der Waals surface area (Å²) in [6.45, 7) is 7.93. The van der Waals surface area contributed by atoms with Crippen LogP contribution in [-0.4, -0.2) is 91.9 Å². The highest BCUT2D eigenvalue weighted by Crippen LogP contribution is 2.16. The van der Waals surface area contributed by atoms with E-state index in [0.717, 1.165) is 13.8 Å². The van der Waals surface area contributed by atoms with Crippen LogP contribution in [-0.2, 0) is 38.1 Å². The minimum Gasteiger partial charge on any atom is -0.462 e. The maximum atomic E-state index is 12.6. The van der Waals surface area contributed by atoms with E-state index < -0.39 is 67.5 Å². The highest BCUT2D eigenvalue weighted by atomic mass is 16.6. The van der Waals surface area contributed by atoms with Crippen molar-refractivity contribution in [3.05, 3.63) is 11.3 Å². The molecule has 0 bridgehead atoms. The lowest BCUT2D eigenvalue weighted by Crippen LogP contribution is -2.52. The Hall–Kier alpha value is -2.70. The van der Waals surface area contributed by atoms with E-state index in [0.29, 0.717) is 5.57 Å². The largest absolute Gasteiger partial charge is 0.462 e. The van der Waals surface area contributed by atoms with Gasteiger partial charge in [0.15, 0.2) is 12.2 Å². The third kappa shape index (κ3) is 10.5. The first kappa shape index (κ1) is 31.3. The fourth-order valence-corrected chi connectivity index (χ4v) is 2.94. The number of aliphatic hydroxyl groups is 2. The Balaban J connectivity index is 5.86. The molecular formula is C22H38N2O10. The fraction of sp³-hybridized carbons (Fsp3) is 0.727. The monoisotopic (exact) mass is 490 g/mol. The molecule has 12 heteroatoms. The summed E-state index contributed by atoms with van der Waals surface area (Å²) in [7, 11) is 3.05. The Morgan fingerprint density at radius 2 is 1.24 bits per heavy atom. The number of allylic oxidation sites excluding steroid dienone is 1. The lowest BCUT2D eigenvalue weighted by Gasteiger charge is -2.32. The average molecular weight is 491 g/mol. The number of aliphatic hydroxyl groups excluding tert-OH is 2. The first-order chi connectivity index (χ1) is 15.8. The smallest absolute Gasteiger partial charge is 0.354 e. The number of ether oxygens (including phenoxy) is 4. The second-order valence-electron chi connectivity index (χ2n) is 8.14. The standard InChI is InChI=1S/C22H38N2O10/c1-11(2)17(23-7)21(29)33-15(9-31-13(5)25)19(27)20(28)16(10-32-14(6)26)34-22(30)18(24-8)12(3)4/h11,15-17,19-20,23-24,27-28H,9-10H2,1-8H3/t15-,16-,17+,19-,20-/m1/s1. The van der Waals surface area contributed by atoms with Gasteiger partial charge >= 0.3 is 23.9 Å². The number of likely N-dealkylation sites (N-methyl/N-ethyl adjacent to an activating group) is 2. The van der Waals surface area contributed by atoms with E-state index in [1.54, 1.807) is 34.7 Å². The highest BCUT2D eigenvalue weighted by molar-refractivity contribution is 5.88. The summed E-state index contributed by atoms with van der Waals surface area (Å²) >= 11 is 0. The molecule has 0 saturated heterocycles. The van der Waals surface area contributed by atoms with Crippen molar-refractivity contribution in [2.24, 2.45) is 5.92 Å². The second-order valence-corrected chi connectivity index (χ2v) is 8.14. The molecule has 0 saturated carbocycles. The molecular weight excluding hydrogens is 452 g/mol. The minimum absolute atomic E-state index is 0.103. The Kier molecular flexibility index (Phi) is 14.0. The zero-order valence-corrected chi connectivity index (χ0v) is 21.0. The zero-order valence-electron chi connectivity index (χ0n) is 21.0. The maximum absolute atomic E-state index is 12.6.